The van der Waals surface area contributed by atoms with E-state index >= 15 is 0 Å². The van der Waals surface area contributed by atoms with Crippen LogP contribution in [0.3, 0.4) is 0 Å². The van der Waals surface area contributed by atoms with Gasteiger partial charge in [-0.25, -0.2) is 4.79 Å². The third-order valence-corrected chi connectivity index (χ3v) is 3.97. The minimum Gasteiger partial charge on any atom is -0.463 e. The van der Waals surface area contributed by atoms with Crippen LogP contribution in [0.4, 0.5) is 5.69 Å². The number of nitrogens with one attached hydrogen (secondary N) is 1. The Morgan fingerprint density at radius 1 is 1.24 bits per heavy atom. The van der Waals surface area contributed by atoms with E-state index in [1.807, 2.05) is 54.6 Å². The van der Waals surface area contributed by atoms with Crippen LogP contribution in [0.15, 0.2) is 64.4 Å². The number of benzene rings is 2. The SMILES string of the molecule is CCOC(=O)C1=Cc2cc(-c3ccccc3)ccc2NC(N=NN)C1. The second-order valence-electron chi connectivity index (χ2n) is 5.65. The Balaban J connectivity index is 2.03. The predicted octanol–water partition coefficient (Wildman–Crippen LogP) is 3.77. The molecule has 0 aromatic heterocycles. The number of fused-ring (bicyclic) bond motifs is 1. The van der Waals surface area contributed by atoms with Crippen molar-refractivity contribution >= 4 is 17.7 Å². The lowest BCUT2D eigenvalue weighted by Crippen LogP contribution is -2.19. The molecule has 1 heterocycles. The zero-order chi connectivity index (χ0) is 17.6. The summed E-state index contributed by atoms with van der Waals surface area (Å²) >= 11 is 0. The van der Waals surface area contributed by atoms with Gasteiger partial charge in [-0.2, -0.15) is 0 Å². The molecule has 2 aromatic rings. The van der Waals surface area contributed by atoms with E-state index in [1.165, 1.54) is 0 Å². The minimum absolute atomic E-state index is 0.323. The lowest BCUT2D eigenvalue weighted by Gasteiger charge is -2.14. The van der Waals surface area contributed by atoms with Gasteiger partial charge in [0.15, 0.2) is 0 Å². The molecule has 1 aliphatic rings. The van der Waals surface area contributed by atoms with Crippen molar-refractivity contribution in [3.05, 3.63) is 59.7 Å². The number of esters is 1. The van der Waals surface area contributed by atoms with Crippen LogP contribution in [0.2, 0.25) is 0 Å². The first kappa shape index (κ1) is 16.7. The Kier molecular flexibility index (Phi) is 5.09. The minimum atomic E-state index is -0.413. The molecule has 6 nitrogen and oxygen atoms in total. The molecule has 3 N–H and O–H groups in total. The molecule has 0 aliphatic carbocycles. The fraction of sp³-hybridized carbons (Fsp3) is 0.211. The van der Waals surface area contributed by atoms with Crippen LogP contribution in [0.5, 0.6) is 0 Å². The molecule has 1 aliphatic heterocycles. The van der Waals surface area contributed by atoms with Gasteiger partial charge in [0.1, 0.15) is 6.17 Å². The molecule has 0 saturated heterocycles. The van der Waals surface area contributed by atoms with Gasteiger partial charge in [0.05, 0.1) is 6.61 Å². The fourth-order valence-corrected chi connectivity index (χ4v) is 2.83. The average molecular weight is 336 g/mol. The third kappa shape index (κ3) is 3.85. The molecule has 0 amide bonds. The standard InChI is InChI=1S/C19H20N4O2/c1-2-25-19(24)16-11-15-10-14(13-6-4-3-5-7-13)8-9-17(15)21-18(12-16)22-23-20/h3-11,18,21H,2,12H2,1H3,(H2,20,22). The normalized spacial score (nSPS) is 16.5. The first-order valence-electron chi connectivity index (χ1n) is 8.15. The number of nitrogens with two attached hydrogens (primary N) is 1. The van der Waals surface area contributed by atoms with Gasteiger partial charge in [0.25, 0.3) is 0 Å². The van der Waals surface area contributed by atoms with Crippen molar-refractivity contribution in [1.82, 2.24) is 0 Å². The summed E-state index contributed by atoms with van der Waals surface area (Å²) in [7, 11) is 0. The molecular formula is C19H20N4O2. The maximum Gasteiger partial charge on any atom is 0.334 e. The molecule has 1 unspecified atom stereocenters. The van der Waals surface area contributed by atoms with Gasteiger partial charge in [-0.1, -0.05) is 41.6 Å². The van der Waals surface area contributed by atoms with Crippen molar-refractivity contribution in [3.63, 3.8) is 0 Å². The Labute approximate surface area is 146 Å². The van der Waals surface area contributed by atoms with Crippen LogP contribution in [0.1, 0.15) is 18.9 Å². The summed E-state index contributed by atoms with van der Waals surface area (Å²) in [4.78, 5) is 12.2. The molecule has 1 atom stereocenters. The van der Waals surface area contributed by atoms with E-state index in [0.717, 1.165) is 22.4 Å². The molecule has 0 saturated carbocycles. The molecule has 0 fully saturated rings. The third-order valence-electron chi connectivity index (χ3n) is 3.97. The number of hydrogen-bond acceptors (Lipinski definition) is 5. The molecule has 2 aromatic carbocycles. The van der Waals surface area contributed by atoms with Crippen molar-refractivity contribution < 1.29 is 9.53 Å². The highest BCUT2D eigenvalue weighted by Gasteiger charge is 2.22. The van der Waals surface area contributed by atoms with Gasteiger partial charge in [-0.05, 0) is 41.8 Å². The van der Waals surface area contributed by atoms with Gasteiger partial charge in [-0.3, -0.25) is 0 Å². The van der Waals surface area contributed by atoms with Gasteiger partial charge >= 0.3 is 5.97 Å². The first-order chi connectivity index (χ1) is 12.2. The molecule has 0 bridgehead atoms. The topological polar surface area (TPSA) is 89.1 Å². The number of carbonyl (C=O) groups is 1. The van der Waals surface area contributed by atoms with Crippen LogP contribution >= 0.6 is 0 Å². The van der Waals surface area contributed by atoms with E-state index in [2.05, 4.69) is 15.7 Å². The van der Waals surface area contributed by atoms with Crippen LogP contribution < -0.4 is 11.2 Å². The Morgan fingerprint density at radius 2 is 2.04 bits per heavy atom. The van der Waals surface area contributed by atoms with E-state index < -0.39 is 6.17 Å². The Morgan fingerprint density at radius 3 is 2.76 bits per heavy atom. The second-order valence-corrected chi connectivity index (χ2v) is 5.65. The Bertz CT molecular complexity index is 815. The van der Waals surface area contributed by atoms with Crippen LogP contribution in [0.25, 0.3) is 17.2 Å². The van der Waals surface area contributed by atoms with Gasteiger partial charge in [-0.15, -0.1) is 5.11 Å². The van der Waals surface area contributed by atoms with E-state index in [-0.39, 0.29) is 5.97 Å². The van der Waals surface area contributed by atoms with E-state index in [0.29, 0.717) is 18.6 Å². The summed E-state index contributed by atoms with van der Waals surface area (Å²) in [5, 5.41) is 10.6. The fourth-order valence-electron chi connectivity index (χ4n) is 2.83. The van der Waals surface area contributed by atoms with Crippen LogP contribution in [-0.4, -0.2) is 18.7 Å². The van der Waals surface area contributed by atoms with E-state index in [9.17, 15) is 4.79 Å². The molecule has 25 heavy (non-hydrogen) atoms. The smallest absolute Gasteiger partial charge is 0.334 e. The maximum atomic E-state index is 12.2. The number of ether oxygens (including phenoxy) is 1. The zero-order valence-corrected chi connectivity index (χ0v) is 14.0. The summed E-state index contributed by atoms with van der Waals surface area (Å²) in [5.74, 6) is 4.85. The quantitative estimate of drug-likeness (QED) is 0.385. The monoisotopic (exact) mass is 336 g/mol. The van der Waals surface area contributed by atoms with Crippen molar-refractivity contribution in [2.24, 2.45) is 16.2 Å². The lowest BCUT2D eigenvalue weighted by atomic mass is 10.0. The second kappa shape index (κ2) is 7.61. The van der Waals surface area contributed by atoms with Crippen molar-refractivity contribution in [3.8, 4) is 11.1 Å². The number of anilines is 1. The summed E-state index contributed by atoms with van der Waals surface area (Å²) in [5.41, 5.74) is 4.49. The summed E-state index contributed by atoms with van der Waals surface area (Å²) in [6, 6.07) is 16.1. The summed E-state index contributed by atoms with van der Waals surface area (Å²) in [6.07, 6.45) is 1.79. The Hall–Kier alpha value is -3.15. The molecule has 0 spiro atoms. The number of carbonyl (C=O) groups excluding carboxylic acids is 1. The number of hydrogen-bond donors (Lipinski definition) is 2. The van der Waals surface area contributed by atoms with Gasteiger partial charge in [0.2, 0.25) is 0 Å². The van der Waals surface area contributed by atoms with Gasteiger partial charge < -0.3 is 15.9 Å². The van der Waals surface area contributed by atoms with Crippen LogP contribution in [0, 0.1) is 0 Å². The zero-order valence-electron chi connectivity index (χ0n) is 14.0. The molecule has 3 rings (SSSR count). The lowest BCUT2D eigenvalue weighted by molar-refractivity contribution is -0.138. The molecule has 0 radical (unpaired) electrons. The van der Waals surface area contributed by atoms with Crippen molar-refractivity contribution in [2.45, 2.75) is 19.5 Å². The molecule has 128 valence electrons. The average Bonchev–Trinajstić information content (AvgIpc) is 2.81. The summed E-state index contributed by atoms with van der Waals surface area (Å²) < 4.78 is 5.15. The van der Waals surface area contributed by atoms with Gasteiger partial charge in [0, 0.05) is 17.7 Å². The molecular weight excluding hydrogens is 316 g/mol. The van der Waals surface area contributed by atoms with Crippen molar-refractivity contribution in [2.75, 3.05) is 11.9 Å². The number of nitrogens with zero attached hydrogens (tertiary/aromatic N) is 2. The maximum absolute atomic E-state index is 12.2. The first-order valence-corrected chi connectivity index (χ1v) is 8.15. The van der Waals surface area contributed by atoms with E-state index in [4.69, 9.17) is 10.6 Å². The van der Waals surface area contributed by atoms with Crippen molar-refractivity contribution in [1.29, 1.82) is 0 Å². The highest BCUT2D eigenvalue weighted by atomic mass is 16.5. The van der Waals surface area contributed by atoms with Crippen LogP contribution in [-0.2, 0) is 9.53 Å². The predicted molar refractivity (Wildman–Crippen MR) is 97.6 cm³/mol. The highest BCUT2D eigenvalue weighted by molar-refractivity contribution is 5.96. The number of rotatable bonds is 4. The largest absolute Gasteiger partial charge is 0.463 e. The highest BCUT2D eigenvalue weighted by Crippen LogP contribution is 2.31. The van der Waals surface area contributed by atoms with E-state index in [1.54, 1.807) is 6.92 Å². The molecule has 6 heteroatoms. The summed E-state index contributed by atoms with van der Waals surface area (Å²) in [6.45, 7) is 2.11.